The molecule has 0 spiro atoms. The lowest BCUT2D eigenvalue weighted by Gasteiger charge is -2.09. The summed E-state index contributed by atoms with van der Waals surface area (Å²) in [7, 11) is 0. The highest BCUT2D eigenvalue weighted by atomic mass is 16.5. The van der Waals surface area contributed by atoms with Crippen LogP contribution in [0.15, 0.2) is 34.6 Å². The summed E-state index contributed by atoms with van der Waals surface area (Å²) in [5.41, 5.74) is 6.36. The maximum Gasteiger partial charge on any atom is 0.174 e. The first-order valence-electron chi connectivity index (χ1n) is 5.91. The number of hydrogen-bond acceptors (Lipinski definition) is 6. The Morgan fingerprint density at radius 1 is 1.39 bits per heavy atom. The van der Waals surface area contributed by atoms with Crippen LogP contribution in [-0.4, -0.2) is 18.6 Å². The molecule has 1 aliphatic rings. The Bertz CT molecular complexity index is 430. The van der Waals surface area contributed by atoms with Crippen molar-refractivity contribution in [2.24, 2.45) is 10.3 Å². The molecule has 1 heterocycles. The van der Waals surface area contributed by atoms with Crippen molar-refractivity contribution in [3.05, 3.63) is 29.8 Å². The monoisotopic (exact) mass is 248 g/mol. The lowest BCUT2D eigenvalue weighted by molar-refractivity contribution is -0.118. The summed E-state index contributed by atoms with van der Waals surface area (Å²) in [4.78, 5) is 11.3. The SMILES string of the molecule is CCC(=O)Cc1ccc(OCC2N=NNN2)cc1. The smallest absolute Gasteiger partial charge is 0.174 e. The molecule has 18 heavy (non-hydrogen) atoms. The Morgan fingerprint density at radius 3 is 2.78 bits per heavy atom. The van der Waals surface area contributed by atoms with E-state index in [-0.39, 0.29) is 11.9 Å². The van der Waals surface area contributed by atoms with Crippen LogP contribution < -0.4 is 15.7 Å². The minimum Gasteiger partial charge on any atom is -0.490 e. The molecule has 2 N–H and O–H groups in total. The van der Waals surface area contributed by atoms with Crippen LogP contribution in [0.4, 0.5) is 0 Å². The molecular weight excluding hydrogens is 232 g/mol. The fourth-order valence-electron chi connectivity index (χ4n) is 1.54. The third kappa shape index (κ3) is 3.53. The zero-order valence-electron chi connectivity index (χ0n) is 10.2. The minimum atomic E-state index is -0.161. The minimum absolute atomic E-state index is 0.161. The number of ketones is 1. The Balaban J connectivity index is 1.83. The van der Waals surface area contributed by atoms with Gasteiger partial charge in [-0.3, -0.25) is 4.79 Å². The van der Waals surface area contributed by atoms with Crippen LogP contribution in [0.1, 0.15) is 18.9 Å². The first kappa shape index (κ1) is 12.5. The Morgan fingerprint density at radius 2 is 2.17 bits per heavy atom. The summed E-state index contributed by atoms with van der Waals surface area (Å²) in [6.45, 7) is 2.28. The zero-order valence-corrected chi connectivity index (χ0v) is 10.2. The van der Waals surface area contributed by atoms with Crippen LogP contribution in [0, 0.1) is 0 Å². The van der Waals surface area contributed by atoms with Gasteiger partial charge in [0.2, 0.25) is 0 Å². The number of rotatable bonds is 6. The van der Waals surface area contributed by atoms with E-state index in [4.69, 9.17) is 4.74 Å². The number of carbonyl (C=O) groups excluding carboxylic acids is 1. The standard InChI is InChI=1S/C12H16N4O2/c1-2-10(17)7-9-3-5-11(6-4-9)18-8-12-13-15-16-14-12/h3-6,12H,2,7-8H2,1H3,(H,13,16)(H,14,15). The third-order valence-corrected chi connectivity index (χ3v) is 2.61. The van der Waals surface area contributed by atoms with Crippen LogP contribution >= 0.6 is 0 Å². The van der Waals surface area contributed by atoms with E-state index in [1.54, 1.807) is 0 Å². The molecule has 6 heteroatoms. The molecule has 0 bridgehead atoms. The van der Waals surface area contributed by atoms with Crippen molar-refractivity contribution in [1.29, 1.82) is 0 Å². The number of carbonyl (C=O) groups is 1. The third-order valence-electron chi connectivity index (χ3n) is 2.61. The lowest BCUT2D eigenvalue weighted by Crippen LogP contribution is -2.34. The molecule has 1 aromatic rings. The average molecular weight is 248 g/mol. The van der Waals surface area contributed by atoms with Crippen LogP contribution in [0.3, 0.4) is 0 Å². The number of Topliss-reactive ketones (excluding diaryl/α,β-unsaturated/α-hetero) is 1. The van der Waals surface area contributed by atoms with Crippen LogP contribution in [0.25, 0.3) is 0 Å². The van der Waals surface area contributed by atoms with Crippen molar-refractivity contribution in [3.63, 3.8) is 0 Å². The second-order valence-electron chi connectivity index (χ2n) is 4.01. The molecule has 0 fully saturated rings. The van der Waals surface area contributed by atoms with Gasteiger partial charge < -0.3 is 4.74 Å². The fourth-order valence-corrected chi connectivity index (χ4v) is 1.54. The van der Waals surface area contributed by atoms with Gasteiger partial charge in [-0.2, -0.15) is 5.43 Å². The van der Waals surface area contributed by atoms with Gasteiger partial charge in [0.1, 0.15) is 18.1 Å². The number of nitrogens with zero attached hydrogens (tertiary/aromatic N) is 2. The maximum absolute atomic E-state index is 11.3. The topological polar surface area (TPSA) is 75.1 Å². The molecule has 0 aromatic heterocycles. The summed E-state index contributed by atoms with van der Waals surface area (Å²) >= 11 is 0. The normalized spacial score (nSPS) is 17.5. The molecule has 2 rings (SSSR count). The summed E-state index contributed by atoms with van der Waals surface area (Å²) < 4.78 is 5.54. The van der Waals surface area contributed by atoms with E-state index in [1.165, 1.54) is 0 Å². The van der Waals surface area contributed by atoms with Crippen LogP contribution in [0.5, 0.6) is 5.75 Å². The second-order valence-corrected chi connectivity index (χ2v) is 4.01. The molecule has 0 saturated heterocycles. The number of benzene rings is 1. The van der Waals surface area contributed by atoms with Gasteiger partial charge in [-0.05, 0) is 17.7 Å². The van der Waals surface area contributed by atoms with E-state index in [1.807, 2.05) is 31.2 Å². The summed E-state index contributed by atoms with van der Waals surface area (Å²) in [5, 5.41) is 7.43. The summed E-state index contributed by atoms with van der Waals surface area (Å²) in [6.07, 6.45) is 0.897. The fraction of sp³-hybridized carbons (Fsp3) is 0.417. The quantitative estimate of drug-likeness (QED) is 0.797. The van der Waals surface area contributed by atoms with Crippen LogP contribution in [-0.2, 0) is 11.2 Å². The first-order valence-corrected chi connectivity index (χ1v) is 5.91. The van der Waals surface area contributed by atoms with Gasteiger partial charge in [0.05, 0.1) is 0 Å². The van der Waals surface area contributed by atoms with Crippen molar-refractivity contribution in [3.8, 4) is 5.75 Å². The van der Waals surface area contributed by atoms with Crippen molar-refractivity contribution in [1.82, 2.24) is 11.0 Å². The second kappa shape index (κ2) is 6.11. The first-order chi connectivity index (χ1) is 8.78. The van der Waals surface area contributed by atoms with E-state index in [9.17, 15) is 4.79 Å². The Hall–Kier alpha value is -1.95. The molecule has 1 aromatic carbocycles. The van der Waals surface area contributed by atoms with Gasteiger partial charge >= 0.3 is 0 Å². The number of hydrogen-bond donors (Lipinski definition) is 2. The highest BCUT2D eigenvalue weighted by Crippen LogP contribution is 2.13. The molecule has 1 unspecified atom stereocenters. The van der Waals surface area contributed by atoms with Crippen molar-refractivity contribution >= 4 is 5.78 Å². The molecule has 0 saturated carbocycles. The predicted octanol–water partition coefficient (Wildman–Crippen LogP) is 1.39. The van der Waals surface area contributed by atoms with Crippen molar-refractivity contribution < 1.29 is 9.53 Å². The number of hydrazine groups is 1. The van der Waals surface area contributed by atoms with Gasteiger partial charge in [-0.1, -0.05) is 24.3 Å². The molecular formula is C12H16N4O2. The van der Waals surface area contributed by atoms with Gasteiger partial charge in [-0.15, -0.1) is 5.11 Å². The number of ether oxygens (including phenoxy) is 1. The van der Waals surface area contributed by atoms with Gasteiger partial charge in [-0.25, -0.2) is 5.53 Å². The van der Waals surface area contributed by atoms with E-state index in [0.717, 1.165) is 11.3 Å². The van der Waals surface area contributed by atoms with Gasteiger partial charge in [0.15, 0.2) is 6.17 Å². The molecule has 0 aliphatic carbocycles. The van der Waals surface area contributed by atoms with Crippen LogP contribution in [0.2, 0.25) is 0 Å². The molecule has 0 amide bonds. The summed E-state index contributed by atoms with van der Waals surface area (Å²) in [6, 6.07) is 7.53. The number of nitrogens with one attached hydrogen (secondary N) is 2. The van der Waals surface area contributed by atoms with Gasteiger partial charge in [0.25, 0.3) is 0 Å². The molecule has 1 aliphatic heterocycles. The summed E-state index contributed by atoms with van der Waals surface area (Å²) in [5.74, 6) is 0.997. The molecule has 96 valence electrons. The molecule has 6 nitrogen and oxygen atoms in total. The lowest BCUT2D eigenvalue weighted by atomic mass is 10.1. The van der Waals surface area contributed by atoms with Crippen molar-refractivity contribution in [2.45, 2.75) is 25.9 Å². The van der Waals surface area contributed by atoms with E-state index in [2.05, 4.69) is 21.3 Å². The highest BCUT2D eigenvalue weighted by molar-refractivity contribution is 5.80. The molecule has 1 atom stereocenters. The van der Waals surface area contributed by atoms with E-state index >= 15 is 0 Å². The van der Waals surface area contributed by atoms with E-state index in [0.29, 0.717) is 19.4 Å². The largest absolute Gasteiger partial charge is 0.490 e. The average Bonchev–Trinajstić information content (AvgIpc) is 2.91. The van der Waals surface area contributed by atoms with E-state index < -0.39 is 0 Å². The Kier molecular flexibility index (Phi) is 4.25. The van der Waals surface area contributed by atoms with Gasteiger partial charge in [0, 0.05) is 12.8 Å². The zero-order chi connectivity index (χ0) is 12.8. The van der Waals surface area contributed by atoms with Crippen molar-refractivity contribution in [2.75, 3.05) is 6.61 Å². The molecule has 0 radical (unpaired) electrons. The Labute approximate surface area is 105 Å². The maximum atomic E-state index is 11.3. The highest BCUT2D eigenvalue weighted by Gasteiger charge is 2.11. The predicted molar refractivity (Wildman–Crippen MR) is 65.9 cm³/mol.